The lowest BCUT2D eigenvalue weighted by atomic mass is 9.87. The summed E-state index contributed by atoms with van der Waals surface area (Å²) in [5.74, 6) is -0.660. The number of rotatable bonds is 4. The van der Waals surface area contributed by atoms with E-state index in [1.165, 1.54) is 6.07 Å². The number of nitrogens with one attached hydrogen (secondary N) is 1. The second-order valence-corrected chi connectivity index (χ2v) is 7.68. The summed E-state index contributed by atoms with van der Waals surface area (Å²) in [5.41, 5.74) is 1.15. The molecule has 1 saturated heterocycles. The van der Waals surface area contributed by atoms with Gasteiger partial charge in [0.2, 0.25) is 5.91 Å². The lowest BCUT2D eigenvalue weighted by molar-refractivity contribution is -0.137. The fourth-order valence-corrected chi connectivity index (χ4v) is 4.11. The lowest BCUT2D eigenvalue weighted by Crippen LogP contribution is -2.41. The summed E-state index contributed by atoms with van der Waals surface area (Å²) in [6.45, 7) is 1.88. The molecule has 0 bridgehead atoms. The van der Waals surface area contributed by atoms with Crippen molar-refractivity contribution in [2.45, 2.75) is 18.5 Å². The third kappa shape index (κ3) is 4.18. The molecule has 4 rings (SSSR count). The molecule has 158 valence electrons. The Kier molecular flexibility index (Phi) is 5.75. The summed E-state index contributed by atoms with van der Waals surface area (Å²) in [7, 11) is 0. The van der Waals surface area contributed by atoms with E-state index in [0.717, 1.165) is 22.5 Å². The van der Waals surface area contributed by atoms with E-state index in [0.29, 0.717) is 31.9 Å². The van der Waals surface area contributed by atoms with Crippen LogP contribution in [0.3, 0.4) is 0 Å². The molecule has 0 unspecified atom stereocenters. The van der Waals surface area contributed by atoms with Gasteiger partial charge in [-0.05, 0) is 29.3 Å². The maximum atomic E-state index is 13.5. The number of H-pyrrole nitrogens is 1. The van der Waals surface area contributed by atoms with Crippen LogP contribution in [0.2, 0.25) is 5.02 Å². The van der Waals surface area contributed by atoms with Crippen LogP contribution in [0, 0.1) is 0 Å². The zero-order chi connectivity index (χ0) is 21.3. The van der Waals surface area contributed by atoms with E-state index < -0.39 is 17.7 Å². The fraction of sp³-hybridized carbons (Fsp3) is 0.318. The zero-order valence-corrected chi connectivity index (χ0v) is 16.8. The molecule has 1 fully saturated rings. The topological polar surface area (TPSA) is 45.3 Å². The highest BCUT2D eigenvalue weighted by Gasteiger charge is 2.35. The van der Waals surface area contributed by atoms with Gasteiger partial charge in [-0.2, -0.15) is 13.2 Å². The summed E-state index contributed by atoms with van der Waals surface area (Å²) >= 11 is 5.82. The van der Waals surface area contributed by atoms with Crippen LogP contribution in [-0.2, 0) is 15.7 Å². The standard InChI is InChI=1S/C22H20ClF3N2O2/c23-19-6-5-14(11-18(19)22(24,25)26)16(12-21(29)28-7-9-30-10-8-28)17-13-27-20-4-2-1-3-15(17)20/h1-6,11,13,16,27H,7-10,12H2/t16-/m1/s1. The van der Waals surface area contributed by atoms with Gasteiger partial charge in [0.1, 0.15) is 0 Å². The molecule has 30 heavy (non-hydrogen) atoms. The van der Waals surface area contributed by atoms with Crippen molar-refractivity contribution in [3.05, 3.63) is 70.4 Å². The first-order valence-corrected chi connectivity index (χ1v) is 10.0. The molecule has 1 aliphatic rings. The first-order valence-electron chi connectivity index (χ1n) is 9.63. The van der Waals surface area contributed by atoms with Gasteiger partial charge in [-0.3, -0.25) is 4.79 Å². The number of carbonyl (C=O) groups is 1. The van der Waals surface area contributed by atoms with Gasteiger partial charge in [0.05, 0.1) is 23.8 Å². The van der Waals surface area contributed by atoms with Crippen LogP contribution in [-0.4, -0.2) is 42.1 Å². The second kappa shape index (κ2) is 8.32. The van der Waals surface area contributed by atoms with Crippen molar-refractivity contribution in [1.29, 1.82) is 0 Å². The minimum Gasteiger partial charge on any atom is -0.378 e. The number of fused-ring (bicyclic) bond motifs is 1. The Hall–Kier alpha value is -2.51. The lowest BCUT2D eigenvalue weighted by Gasteiger charge is -2.29. The molecule has 3 aromatic rings. The number of carbonyl (C=O) groups excluding carboxylic acids is 1. The van der Waals surface area contributed by atoms with Crippen molar-refractivity contribution >= 4 is 28.4 Å². The number of aromatic amines is 1. The van der Waals surface area contributed by atoms with Crippen molar-refractivity contribution in [2.75, 3.05) is 26.3 Å². The van der Waals surface area contributed by atoms with Gasteiger partial charge in [0, 0.05) is 42.5 Å². The van der Waals surface area contributed by atoms with Crippen molar-refractivity contribution in [1.82, 2.24) is 9.88 Å². The van der Waals surface area contributed by atoms with Crippen molar-refractivity contribution < 1.29 is 22.7 Å². The van der Waals surface area contributed by atoms with Gasteiger partial charge in [-0.15, -0.1) is 0 Å². The van der Waals surface area contributed by atoms with Gasteiger partial charge >= 0.3 is 6.18 Å². The Bertz CT molecular complexity index is 1060. The van der Waals surface area contributed by atoms with Gasteiger partial charge in [-0.25, -0.2) is 0 Å². The van der Waals surface area contributed by atoms with Crippen LogP contribution >= 0.6 is 11.6 Å². The molecule has 0 aliphatic carbocycles. The summed E-state index contributed by atoms with van der Waals surface area (Å²) in [4.78, 5) is 17.8. The Labute approximate surface area is 176 Å². The number of amides is 1. The number of nitrogens with zero attached hydrogens (tertiary/aromatic N) is 1. The molecule has 2 heterocycles. The van der Waals surface area contributed by atoms with Crippen molar-refractivity contribution in [2.24, 2.45) is 0 Å². The average Bonchev–Trinajstić information content (AvgIpc) is 3.16. The largest absolute Gasteiger partial charge is 0.417 e. The normalized spacial score (nSPS) is 16.1. The first kappa shape index (κ1) is 20.8. The Morgan fingerprint density at radius 1 is 1.17 bits per heavy atom. The predicted octanol–water partition coefficient (Wildman–Crippen LogP) is 5.22. The Balaban J connectivity index is 1.77. The quantitative estimate of drug-likeness (QED) is 0.609. The van der Waals surface area contributed by atoms with Crippen LogP contribution in [0.15, 0.2) is 48.7 Å². The zero-order valence-electron chi connectivity index (χ0n) is 16.0. The van der Waals surface area contributed by atoms with E-state index in [-0.39, 0.29) is 17.4 Å². The smallest absolute Gasteiger partial charge is 0.378 e. The first-order chi connectivity index (χ1) is 14.3. The molecular weight excluding hydrogens is 417 g/mol. The highest BCUT2D eigenvalue weighted by Crippen LogP contribution is 2.40. The summed E-state index contributed by atoms with van der Waals surface area (Å²) < 4.78 is 45.7. The van der Waals surface area contributed by atoms with E-state index in [2.05, 4.69) is 4.98 Å². The van der Waals surface area contributed by atoms with Gasteiger partial charge in [0.15, 0.2) is 0 Å². The van der Waals surface area contributed by atoms with Gasteiger partial charge < -0.3 is 14.6 Å². The molecule has 0 spiro atoms. The predicted molar refractivity (Wildman–Crippen MR) is 109 cm³/mol. The Morgan fingerprint density at radius 2 is 1.90 bits per heavy atom. The highest BCUT2D eigenvalue weighted by molar-refractivity contribution is 6.31. The number of hydrogen-bond donors (Lipinski definition) is 1. The third-order valence-electron chi connectivity index (χ3n) is 5.44. The highest BCUT2D eigenvalue weighted by atomic mass is 35.5. The fourth-order valence-electron chi connectivity index (χ4n) is 3.88. The van der Waals surface area contributed by atoms with E-state index in [4.69, 9.17) is 16.3 Å². The number of alkyl halides is 3. The molecule has 1 N–H and O–H groups in total. The van der Waals surface area contributed by atoms with Crippen LogP contribution in [0.1, 0.15) is 29.0 Å². The van der Waals surface area contributed by atoms with Crippen LogP contribution < -0.4 is 0 Å². The number of ether oxygens (including phenoxy) is 1. The molecule has 2 aromatic carbocycles. The van der Waals surface area contributed by atoms with Crippen LogP contribution in [0.4, 0.5) is 13.2 Å². The second-order valence-electron chi connectivity index (χ2n) is 7.28. The van der Waals surface area contributed by atoms with Gasteiger partial charge in [-0.1, -0.05) is 35.9 Å². The number of hydrogen-bond acceptors (Lipinski definition) is 2. The van der Waals surface area contributed by atoms with E-state index in [1.54, 1.807) is 17.2 Å². The maximum absolute atomic E-state index is 13.5. The van der Waals surface area contributed by atoms with Crippen molar-refractivity contribution in [3.8, 4) is 0 Å². The molecule has 1 atom stereocenters. The van der Waals surface area contributed by atoms with Crippen molar-refractivity contribution in [3.63, 3.8) is 0 Å². The SMILES string of the molecule is O=C(C[C@H](c1ccc(Cl)c(C(F)(F)F)c1)c1c[nH]c2ccccc12)N1CCOCC1. The molecule has 4 nitrogen and oxygen atoms in total. The van der Waals surface area contributed by atoms with E-state index in [1.807, 2.05) is 24.3 Å². The molecule has 1 aliphatic heterocycles. The molecule has 0 radical (unpaired) electrons. The van der Waals surface area contributed by atoms with Crippen LogP contribution in [0.5, 0.6) is 0 Å². The minimum atomic E-state index is -4.58. The molecule has 1 aromatic heterocycles. The average molecular weight is 437 g/mol. The number of aromatic nitrogens is 1. The summed E-state index contributed by atoms with van der Waals surface area (Å²) in [6.07, 6.45) is -2.75. The maximum Gasteiger partial charge on any atom is 0.417 e. The molecular formula is C22H20ClF3N2O2. The number of halogens is 4. The molecule has 8 heteroatoms. The van der Waals surface area contributed by atoms with Gasteiger partial charge in [0.25, 0.3) is 0 Å². The molecule has 1 amide bonds. The number of morpholine rings is 1. The van der Waals surface area contributed by atoms with Crippen LogP contribution in [0.25, 0.3) is 10.9 Å². The summed E-state index contributed by atoms with van der Waals surface area (Å²) in [6, 6.07) is 11.4. The van der Waals surface area contributed by atoms with E-state index in [9.17, 15) is 18.0 Å². The summed E-state index contributed by atoms with van der Waals surface area (Å²) in [5, 5.41) is 0.518. The minimum absolute atomic E-state index is 0.0563. The Morgan fingerprint density at radius 3 is 2.63 bits per heavy atom. The van der Waals surface area contributed by atoms with E-state index >= 15 is 0 Å². The number of para-hydroxylation sites is 1. The molecule has 0 saturated carbocycles. The number of benzene rings is 2. The third-order valence-corrected chi connectivity index (χ3v) is 5.77. The monoisotopic (exact) mass is 436 g/mol.